The van der Waals surface area contributed by atoms with Crippen molar-refractivity contribution in [3.8, 4) is 23.4 Å². The maximum Gasteiger partial charge on any atom is 0.221 e. The quantitative estimate of drug-likeness (QED) is 0.479. The maximum absolute atomic E-state index is 11.5. The largest absolute Gasteiger partial charge is 0.475 e. The lowest BCUT2D eigenvalue weighted by Crippen LogP contribution is -2.43. The maximum atomic E-state index is 11.5. The number of rotatable bonds is 6. The Morgan fingerprint density at radius 3 is 2.41 bits per heavy atom. The van der Waals surface area contributed by atoms with E-state index in [1.165, 1.54) is 0 Å². The third-order valence-electron chi connectivity index (χ3n) is 6.77. The van der Waals surface area contributed by atoms with Gasteiger partial charge in [0.2, 0.25) is 11.8 Å². The molecule has 1 saturated heterocycles. The van der Waals surface area contributed by atoms with Gasteiger partial charge in [-0.15, -0.1) is 5.54 Å². The monoisotopic (exact) mass is 447 g/mol. The van der Waals surface area contributed by atoms with E-state index in [2.05, 4.69) is 69.4 Å². The van der Waals surface area contributed by atoms with Crippen LogP contribution in [0.25, 0.3) is 10.8 Å². The van der Waals surface area contributed by atoms with Crippen LogP contribution >= 0.6 is 0 Å². The summed E-state index contributed by atoms with van der Waals surface area (Å²) < 4.78 is 5.99. The lowest BCUT2D eigenvalue weighted by molar-refractivity contribution is -0.119. The van der Waals surface area contributed by atoms with Gasteiger partial charge in [-0.05, 0) is 46.6 Å². The zero-order valence-electron chi connectivity index (χ0n) is 20.0. The summed E-state index contributed by atoms with van der Waals surface area (Å²) in [7, 11) is -1.92. The van der Waals surface area contributed by atoms with Gasteiger partial charge in [-0.25, -0.2) is 4.98 Å². The Morgan fingerprint density at radius 2 is 1.84 bits per heavy atom. The molecular weight excluding hydrogens is 414 g/mol. The summed E-state index contributed by atoms with van der Waals surface area (Å²) in [4.78, 5) is 15.9. The molecule has 5 nitrogen and oxygen atoms in total. The van der Waals surface area contributed by atoms with Gasteiger partial charge in [0.05, 0.1) is 11.6 Å². The topological polar surface area (TPSA) is 75.0 Å². The second-order valence-corrected chi connectivity index (χ2v) is 15.2. The first-order valence-electron chi connectivity index (χ1n) is 11.5. The predicted molar refractivity (Wildman–Crippen MR) is 131 cm³/mol. The van der Waals surface area contributed by atoms with Crippen molar-refractivity contribution in [2.24, 2.45) is 0 Å². The van der Waals surface area contributed by atoms with Crippen molar-refractivity contribution < 1.29 is 9.53 Å². The Labute approximate surface area is 192 Å². The van der Waals surface area contributed by atoms with Crippen molar-refractivity contribution >= 4 is 24.8 Å². The standard InChI is InChI=1S/C26H33N3O2Si/c1-17(2)32(18(3)4,19(5)6)12-10-20-14-24-21(13-22(20)15-27)9-11-28-26(24)31-16-23-7-8-25(30)29-23/h9,11,13-14,17-19,23H,7-8,16H2,1-6H3,(H,29,30)/t23-/m0/s1. The van der Waals surface area contributed by atoms with E-state index in [0.717, 1.165) is 22.8 Å². The molecule has 0 spiro atoms. The Balaban J connectivity index is 2.03. The highest BCUT2D eigenvalue weighted by atomic mass is 28.3. The van der Waals surface area contributed by atoms with Crippen LogP contribution in [0.5, 0.6) is 5.88 Å². The van der Waals surface area contributed by atoms with Crippen LogP contribution in [0.15, 0.2) is 24.4 Å². The Bertz CT molecular complexity index is 1080. The smallest absolute Gasteiger partial charge is 0.221 e. The number of ether oxygens (including phenoxy) is 1. The van der Waals surface area contributed by atoms with E-state index >= 15 is 0 Å². The summed E-state index contributed by atoms with van der Waals surface area (Å²) in [5.41, 5.74) is 6.57. The van der Waals surface area contributed by atoms with Crippen LogP contribution in [0.1, 0.15) is 65.5 Å². The van der Waals surface area contributed by atoms with Crippen molar-refractivity contribution in [2.45, 2.75) is 77.0 Å². The summed E-state index contributed by atoms with van der Waals surface area (Å²) in [6.07, 6.45) is 2.99. The molecule has 0 bridgehead atoms. The first-order valence-corrected chi connectivity index (χ1v) is 13.7. The second-order valence-electron chi connectivity index (χ2n) is 9.61. The molecule has 1 atom stereocenters. The minimum absolute atomic E-state index is 0.00643. The van der Waals surface area contributed by atoms with Crippen LogP contribution < -0.4 is 10.1 Å². The zero-order chi connectivity index (χ0) is 23.5. The lowest BCUT2D eigenvalue weighted by Gasteiger charge is -2.38. The number of amides is 1. The van der Waals surface area contributed by atoms with E-state index in [9.17, 15) is 10.1 Å². The first-order chi connectivity index (χ1) is 15.2. The highest BCUT2D eigenvalue weighted by Gasteiger charge is 2.41. The molecule has 3 rings (SSSR count). The molecule has 2 heterocycles. The van der Waals surface area contributed by atoms with E-state index < -0.39 is 8.07 Å². The number of pyridine rings is 1. The fourth-order valence-corrected chi connectivity index (χ4v) is 10.3. The van der Waals surface area contributed by atoms with Crippen molar-refractivity contribution in [2.75, 3.05) is 6.61 Å². The van der Waals surface area contributed by atoms with Crippen LogP contribution in [0.2, 0.25) is 16.6 Å². The highest BCUT2D eigenvalue weighted by Crippen LogP contribution is 2.41. The molecule has 0 aliphatic carbocycles. The van der Waals surface area contributed by atoms with Gasteiger partial charge >= 0.3 is 0 Å². The van der Waals surface area contributed by atoms with E-state index in [1.54, 1.807) is 6.20 Å². The summed E-state index contributed by atoms with van der Waals surface area (Å²) in [6.45, 7) is 14.1. The Morgan fingerprint density at radius 1 is 1.16 bits per heavy atom. The second kappa shape index (κ2) is 9.75. The number of hydrogen-bond donors (Lipinski definition) is 1. The molecular formula is C26H33N3O2Si. The normalized spacial score (nSPS) is 16.2. The van der Waals surface area contributed by atoms with Gasteiger partial charge in [0, 0.05) is 23.6 Å². The molecule has 0 unspecified atom stereocenters. The lowest BCUT2D eigenvalue weighted by atomic mass is 10.0. The molecule has 6 heteroatoms. The molecule has 168 valence electrons. The molecule has 1 aromatic carbocycles. The predicted octanol–water partition coefficient (Wildman–Crippen LogP) is 5.33. The average molecular weight is 448 g/mol. The van der Waals surface area contributed by atoms with Crippen LogP contribution in [-0.2, 0) is 4.79 Å². The average Bonchev–Trinajstić information content (AvgIpc) is 3.16. The van der Waals surface area contributed by atoms with Crippen molar-refractivity contribution in [1.82, 2.24) is 10.3 Å². The number of carbonyl (C=O) groups excluding carboxylic acids is 1. The van der Waals surface area contributed by atoms with Crippen LogP contribution in [-0.4, -0.2) is 31.6 Å². The van der Waals surface area contributed by atoms with Crippen molar-refractivity contribution in [1.29, 1.82) is 5.26 Å². The SMILES string of the molecule is CC(C)[Si](C#Cc1cc2c(OC[C@@H]3CCC(=O)N3)nccc2cc1C#N)(C(C)C)C(C)C. The number of nitrogens with zero attached hydrogens (tertiary/aromatic N) is 2. The highest BCUT2D eigenvalue weighted by molar-refractivity contribution is 6.90. The minimum Gasteiger partial charge on any atom is -0.475 e. The Kier molecular flexibility index (Phi) is 7.26. The van der Waals surface area contributed by atoms with E-state index in [-0.39, 0.29) is 11.9 Å². The summed E-state index contributed by atoms with van der Waals surface area (Å²) in [5, 5.41) is 14.4. The van der Waals surface area contributed by atoms with E-state index in [0.29, 0.717) is 41.1 Å². The molecule has 1 aromatic heterocycles. The van der Waals surface area contributed by atoms with Gasteiger partial charge in [0.25, 0.3) is 0 Å². The number of nitriles is 1. The van der Waals surface area contributed by atoms with Crippen LogP contribution in [0.3, 0.4) is 0 Å². The molecule has 1 amide bonds. The summed E-state index contributed by atoms with van der Waals surface area (Å²) >= 11 is 0. The Hall–Kier alpha value is -2.83. The number of carbonyl (C=O) groups is 1. The van der Waals surface area contributed by atoms with Gasteiger partial charge in [-0.1, -0.05) is 47.5 Å². The molecule has 0 radical (unpaired) electrons. The van der Waals surface area contributed by atoms with Gasteiger partial charge in [-0.2, -0.15) is 5.26 Å². The molecule has 0 saturated carbocycles. The fraction of sp³-hybridized carbons (Fsp3) is 0.500. The first kappa shape index (κ1) is 23.8. The molecule has 1 fully saturated rings. The van der Waals surface area contributed by atoms with Gasteiger partial charge in [-0.3, -0.25) is 4.79 Å². The third-order valence-corrected chi connectivity index (χ3v) is 13.1. The molecule has 1 aliphatic heterocycles. The van der Waals surface area contributed by atoms with Gasteiger partial charge in [0.15, 0.2) is 0 Å². The number of nitrogens with one attached hydrogen (secondary N) is 1. The van der Waals surface area contributed by atoms with Gasteiger partial charge in [0.1, 0.15) is 20.7 Å². The number of benzene rings is 1. The molecule has 1 aliphatic rings. The molecule has 1 N–H and O–H groups in total. The zero-order valence-corrected chi connectivity index (χ0v) is 21.0. The number of hydrogen-bond acceptors (Lipinski definition) is 4. The van der Waals surface area contributed by atoms with Gasteiger partial charge < -0.3 is 10.1 Å². The van der Waals surface area contributed by atoms with Crippen molar-refractivity contribution in [3.05, 3.63) is 35.5 Å². The molecule has 32 heavy (non-hydrogen) atoms. The van der Waals surface area contributed by atoms with E-state index in [1.807, 2.05) is 18.2 Å². The molecule has 2 aromatic rings. The van der Waals surface area contributed by atoms with Crippen molar-refractivity contribution in [3.63, 3.8) is 0 Å². The minimum atomic E-state index is -1.92. The number of aromatic nitrogens is 1. The summed E-state index contributed by atoms with van der Waals surface area (Å²) in [6, 6.07) is 8.02. The third kappa shape index (κ3) is 4.66. The van der Waals surface area contributed by atoms with E-state index in [4.69, 9.17) is 4.74 Å². The number of fused-ring (bicyclic) bond motifs is 1. The van der Waals surface area contributed by atoms with Crippen LogP contribution in [0.4, 0.5) is 0 Å². The summed E-state index contributed by atoms with van der Waals surface area (Å²) in [5.74, 6) is 3.99. The van der Waals surface area contributed by atoms with Crippen LogP contribution in [0, 0.1) is 22.8 Å². The fourth-order valence-electron chi connectivity index (χ4n) is 5.10.